The van der Waals surface area contributed by atoms with Crippen molar-refractivity contribution >= 4 is 0 Å². The highest BCUT2D eigenvalue weighted by atomic mass is 16.7. The highest BCUT2D eigenvalue weighted by Crippen LogP contribution is 2.40. The number of aryl methyl sites for hydroxylation is 1. The molecular weight excluding hydrogens is 424 g/mol. The van der Waals surface area contributed by atoms with Crippen molar-refractivity contribution in [1.29, 1.82) is 0 Å². The lowest BCUT2D eigenvalue weighted by atomic mass is 9.82. The molecule has 180 valence electrons. The molecule has 0 saturated carbocycles. The van der Waals surface area contributed by atoms with Crippen LogP contribution in [-0.4, -0.2) is 69.8 Å². The third-order valence-corrected chi connectivity index (χ3v) is 7.13. The SMILES string of the molecule is CCc1ccc(Cc2cc(C3(O)O[C@H](CO)[C@@H](O)[C@H](O)[C@H]3O)cc([C@@H]3CCOC3)c2C)cc1. The van der Waals surface area contributed by atoms with Crippen LogP contribution < -0.4 is 0 Å². The van der Waals surface area contributed by atoms with Crippen molar-refractivity contribution in [2.45, 2.75) is 69.2 Å². The van der Waals surface area contributed by atoms with Crippen LogP contribution in [0.4, 0.5) is 0 Å². The number of hydrogen-bond acceptors (Lipinski definition) is 7. The first kappa shape index (κ1) is 24.3. The maximum absolute atomic E-state index is 11.4. The molecule has 2 aromatic rings. The number of rotatable bonds is 6. The van der Waals surface area contributed by atoms with E-state index in [9.17, 15) is 25.5 Å². The Morgan fingerprint density at radius 2 is 1.73 bits per heavy atom. The Hall–Kier alpha value is -1.84. The molecule has 33 heavy (non-hydrogen) atoms. The van der Waals surface area contributed by atoms with Gasteiger partial charge in [0.2, 0.25) is 5.79 Å². The van der Waals surface area contributed by atoms with Gasteiger partial charge >= 0.3 is 0 Å². The fraction of sp³-hybridized carbons (Fsp3) is 0.538. The molecule has 4 rings (SSSR count). The lowest BCUT2D eigenvalue weighted by molar-refractivity contribution is -0.357. The number of aliphatic hydroxyl groups excluding tert-OH is 4. The van der Waals surface area contributed by atoms with Gasteiger partial charge in [-0.25, -0.2) is 0 Å². The highest BCUT2D eigenvalue weighted by Gasteiger charge is 2.53. The minimum atomic E-state index is -2.28. The van der Waals surface area contributed by atoms with E-state index in [4.69, 9.17) is 9.47 Å². The van der Waals surface area contributed by atoms with Gasteiger partial charge in [-0.05, 0) is 66.1 Å². The third-order valence-electron chi connectivity index (χ3n) is 7.13. The molecule has 2 heterocycles. The van der Waals surface area contributed by atoms with Gasteiger partial charge in [0.25, 0.3) is 0 Å². The summed E-state index contributed by atoms with van der Waals surface area (Å²) in [5, 5.41) is 52.2. The number of benzene rings is 2. The molecule has 0 aromatic heterocycles. The molecule has 2 aliphatic rings. The second-order valence-corrected chi connectivity index (χ2v) is 9.22. The van der Waals surface area contributed by atoms with Gasteiger partial charge in [0.15, 0.2) is 0 Å². The molecule has 1 unspecified atom stereocenters. The van der Waals surface area contributed by atoms with Gasteiger partial charge in [-0.15, -0.1) is 0 Å². The summed E-state index contributed by atoms with van der Waals surface area (Å²) in [7, 11) is 0. The van der Waals surface area contributed by atoms with Gasteiger partial charge in [-0.3, -0.25) is 0 Å². The van der Waals surface area contributed by atoms with Gasteiger partial charge in [0.1, 0.15) is 24.4 Å². The van der Waals surface area contributed by atoms with Crippen molar-refractivity contribution in [3.8, 4) is 0 Å². The summed E-state index contributed by atoms with van der Waals surface area (Å²) in [6, 6.07) is 12.0. The van der Waals surface area contributed by atoms with Crippen molar-refractivity contribution in [3.05, 3.63) is 69.8 Å². The van der Waals surface area contributed by atoms with Crippen LogP contribution in [0, 0.1) is 6.92 Å². The predicted molar refractivity (Wildman–Crippen MR) is 122 cm³/mol. The van der Waals surface area contributed by atoms with Gasteiger partial charge in [-0.2, -0.15) is 0 Å². The molecule has 0 spiro atoms. The van der Waals surface area contributed by atoms with Crippen LogP contribution in [0.25, 0.3) is 0 Å². The van der Waals surface area contributed by atoms with E-state index in [0.29, 0.717) is 19.6 Å². The van der Waals surface area contributed by atoms with E-state index in [1.165, 1.54) is 5.56 Å². The zero-order valence-electron chi connectivity index (χ0n) is 19.1. The third kappa shape index (κ3) is 4.59. The first-order valence-corrected chi connectivity index (χ1v) is 11.6. The molecule has 2 aromatic carbocycles. The smallest absolute Gasteiger partial charge is 0.222 e. The van der Waals surface area contributed by atoms with Crippen LogP contribution in [-0.2, 0) is 28.1 Å². The lowest BCUT2D eigenvalue weighted by Gasteiger charge is -2.46. The standard InChI is InChI=1S/C26H34O7/c1-3-16-4-6-17(7-5-16)10-19-11-20(12-21(15(19)2)18-8-9-32-14-18)26(31)25(30)24(29)23(28)22(13-27)33-26/h4-7,11-12,18,22-25,27-31H,3,8-10,13-14H2,1-2H3/t18-,22-,23-,24+,25-,26?/m1/s1. The van der Waals surface area contributed by atoms with E-state index in [1.54, 1.807) is 12.1 Å². The lowest BCUT2D eigenvalue weighted by Crippen LogP contribution is -2.63. The molecule has 0 bridgehead atoms. The molecule has 2 saturated heterocycles. The second-order valence-electron chi connectivity index (χ2n) is 9.22. The average molecular weight is 459 g/mol. The number of hydrogen-bond donors (Lipinski definition) is 5. The maximum Gasteiger partial charge on any atom is 0.222 e. The Morgan fingerprint density at radius 1 is 1.03 bits per heavy atom. The Kier molecular flexibility index (Phi) is 7.21. The van der Waals surface area contributed by atoms with Crippen LogP contribution in [0.5, 0.6) is 0 Å². The maximum atomic E-state index is 11.4. The van der Waals surface area contributed by atoms with E-state index >= 15 is 0 Å². The Balaban J connectivity index is 1.78. The summed E-state index contributed by atoms with van der Waals surface area (Å²) in [4.78, 5) is 0. The number of aliphatic hydroxyl groups is 5. The zero-order valence-corrected chi connectivity index (χ0v) is 19.1. The molecule has 0 aliphatic carbocycles. The van der Waals surface area contributed by atoms with Crippen molar-refractivity contribution in [2.75, 3.05) is 19.8 Å². The molecule has 0 radical (unpaired) electrons. The molecule has 2 fully saturated rings. The summed E-state index contributed by atoms with van der Waals surface area (Å²) < 4.78 is 11.2. The largest absolute Gasteiger partial charge is 0.394 e. The topological polar surface area (TPSA) is 120 Å². The van der Waals surface area contributed by atoms with Gasteiger partial charge in [-0.1, -0.05) is 31.2 Å². The summed E-state index contributed by atoms with van der Waals surface area (Å²) in [6.45, 7) is 4.77. The first-order valence-electron chi connectivity index (χ1n) is 11.6. The van der Waals surface area contributed by atoms with Crippen molar-refractivity contribution in [2.24, 2.45) is 0 Å². The monoisotopic (exact) mass is 458 g/mol. The Morgan fingerprint density at radius 3 is 2.33 bits per heavy atom. The molecule has 2 aliphatic heterocycles. The minimum Gasteiger partial charge on any atom is -0.394 e. The fourth-order valence-corrected chi connectivity index (χ4v) is 4.90. The molecule has 6 atom stereocenters. The van der Waals surface area contributed by atoms with Gasteiger partial charge in [0, 0.05) is 18.1 Å². The fourth-order valence-electron chi connectivity index (χ4n) is 4.90. The van der Waals surface area contributed by atoms with Crippen LogP contribution in [0.1, 0.15) is 52.6 Å². The van der Waals surface area contributed by atoms with Crippen LogP contribution >= 0.6 is 0 Å². The zero-order chi connectivity index (χ0) is 23.8. The van der Waals surface area contributed by atoms with E-state index in [2.05, 4.69) is 31.2 Å². The first-order chi connectivity index (χ1) is 15.8. The van der Waals surface area contributed by atoms with E-state index in [0.717, 1.165) is 35.1 Å². The summed E-state index contributed by atoms with van der Waals surface area (Å²) in [5.41, 5.74) is 5.69. The number of ether oxygens (including phenoxy) is 2. The summed E-state index contributed by atoms with van der Waals surface area (Å²) in [5.74, 6) is -2.14. The Bertz CT molecular complexity index is 952. The Labute approximate surface area is 194 Å². The van der Waals surface area contributed by atoms with Crippen molar-refractivity contribution in [1.82, 2.24) is 0 Å². The quantitative estimate of drug-likeness (QED) is 0.442. The molecule has 7 heteroatoms. The highest BCUT2D eigenvalue weighted by molar-refractivity contribution is 5.45. The summed E-state index contributed by atoms with van der Waals surface area (Å²) in [6.07, 6.45) is -3.80. The van der Waals surface area contributed by atoms with Gasteiger partial charge < -0.3 is 35.0 Å². The van der Waals surface area contributed by atoms with Gasteiger partial charge in [0.05, 0.1) is 13.2 Å². The normalized spacial score (nSPS) is 32.3. The van der Waals surface area contributed by atoms with Crippen molar-refractivity contribution in [3.63, 3.8) is 0 Å². The summed E-state index contributed by atoms with van der Waals surface area (Å²) >= 11 is 0. The van der Waals surface area contributed by atoms with E-state index in [-0.39, 0.29) is 11.5 Å². The van der Waals surface area contributed by atoms with Crippen molar-refractivity contribution < 1.29 is 35.0 Å². The van der Waals surface area contributed by atoms with E-state index < -0.39 is 36.8 Å². The molecular formula is C26H34O7. The average Bonchev–Trinajstić information content (AvgIpc) is 3.36. The van der Waals surface area contributed by atoms with Crippen LogP contribution in [0.15, 0.2) is 36.4 Å². The van der Waals surface area contributed by atoms with Crippen LogP contribution in [0.2, 0.25) is 0 Å². The minimum absolute atomic E-state index is 0.139. The molecule has 5 N–H and O–H groups in total. The van der Waals surface area contributed by atoms with Crippen LogP contribution in [0.3, 0.4) is 0 Å². The van der Waals surface area contributed by atoms with E-state index in [1.807, 2.05) is 6.92 Å². The molecule has 0 amide bonds. The predicted octanol–water partition coefficient (Wildman–Crippen LogP) is 1.27. The molecule has 7 nitrogen and oxygen atoms in total. The second kappa shape index (κ2) is 9.80.